The van der Waals surface area contributed by atoms with Crippen LogP contribution in [0.1, 0.15) is 24.1 Å². The molecule has 94 valence electrons. The Balaban J connectivity index is 2.19. The lowest BCUT2D eigenvalue weighted by atomic mass is 9.93. The van der Waals surface area contributed by atoms with Gasteiger partial charge in [0.15, 0.2) is 0 Å². The Morgan fingerprint density at radius 1 is 1.28 bits per heavy atom. The summed E-state index contributed by atoms with van der Waals surface area (Å²) in [5.41, 5.74) is 11.3. The zero-order chi connectivity index (χ0) is 12.5. The van der Waals surface area contributed by atoms with E-state index in [1.54, 1.807) is 0 Å². The smallest absolute Gasteiger partial charge is 0.113 e. The second kappa shape index (κ2) is 4.46. The Bertz CT molecular complexity index is 595. The molecule has 3 rings (SSSR count). The first-order valence-corrected chi connectivity index (χ1v) is 6.35. The topological polar surface area (TPSA) is 71.2 Å². The molecule has 1 aromatic carbocycles. The highest BCUT2D eigenvalue weighted by Crippen LogP contribution is 2.32. The first-order valence-electron chi connectivity index (χ1n) is 6.35. The summed E-state index contributed by atoms with van der Waals surface area (Å²) in [6, 6.07) is 5.83. The fourth-order valence-electron chi connectivity index (χ4n) is 2.66. The number of aromatic nitrogens is 1. The van der Waals surface area contributed by atoms with Crippen molar-refractivity contribution in [1.82, 2.24) is 4.98 Å². The average Bonchev–Trinajstić information content (AvgIpc) is 2.40. The lowest BCUT2D eigenvalue weighted by Crippen LogP contribution is -2.09. The average molecular weight is 243 g/mol. The monoisotopic (exact) mass is 243 g/mol. The number of aliphatic hydroxyl groups excluding tert-OH is 1. The molecule has 18 heavy (non-hydrogen) atoms. The summed E-state index contributed by atoms with van der Waals surface area (Å²) in [6.45, 7) is -0.0796. The van der Waals surface area contributed by atoms with Crippen LogP contribution in [-0.2, 0) is 12.8 Å². The number of hydrogen-bond acceptors (Lipinski definition) is 4. The number of benzene rings is 1. The minimum absolute atomic E-state index is 0.0796. The van der Waals surface area contributed by atoms with Crippen molar-refractivity contribution >= 4 is 22.3 Å². The third-order valence-electron chi connectivity index (χ3n) is 3.59. The molecule has 0 unspecified atom stereocenters. The summed E-state index contributed by atoms with van der Waals surface area (Å²) in [4.78, 5) is 4.71. The van der Waals surface area contributed by atoms with Gasteiger partial charge in [0.05, 0.1) is 5.52 Å². The molecule has 0 amide bonds. The number of aryl methyl sites for hydroxylation is 1. The summed E-state index contributed by atoms with van der Waals surface area (Å²) in [5, 5.41) is 12.8. The van der Waals surface area contributed by atoms with Gasteiger partial charge in [0.1, 0.15) is 6.73 Å². The van der Waals surface area contributed by atoms with Gasteiger partial charge in [0.2, 0.25) is 0 Å². The molecule has 2 aromatic rings. The zero-order valence-corrected chi connectivity index (χ0v) is 10.2. The van der Waals surface area contributed by atoms with Crippen LogP contribution in [-0.4, -0.2) is 16.8 Å². The molecular weight excluding hydrogens is 226 g/mol. The Morgan fingerprint density at radius 3 is 2.94 bits per heavy atom. The second-order valence-corrected chi connectivity index (χ2v) is 4.72. The number of nitrogens with two attached hydrogens (primary N) is 1. The van der Waals surface area contributed by atoms with E-state index < -0.39 is 0 Å². The lowest BCUT2D eigenvalue weighted by Gasteiger charge is -2.18. The molecule has 1 aliphatic carbocycles. The van der Waals surface area contributed by atoms with E-state index in [4.69, 9.17) is 15.8 Å². The highest BCUT2D eigenvalue weighted by molar-refractivity contribution is 5.94. The highest BCUT2D eigenvalue weighted by Gasteiger charge is 2.16. The highest BCUT2D eigenvalue weighted by atomic mass is 16.3. The van der Waals surface area contributed by atoms with Gasteiger partial charge in [-0.3, -0.25) is 4.98 Å². The molecule has 0 bridgehead atoms. The van der Waals surface area contributed by atoms with Crippen molar-refractivity contribution in [3.63, 3.8) is 0 Å². The molecule has 0 fully saturated rings. The Hall–Kier alpha value is -1.81. The Labute approximate surface area is 106 Å². The number of aliphatic hydroxyl groups is 1. The van der Waals surface area contributed by atoms with Crippen LogP contribution in [0.25, 0.3) is 10.9 Å². The van der Waals surface area contributed by atoms with E-state index in [9.17, 15) is 0 Å². The van der Waals surface area contributed by atoms with E-state index in [1.165, 1.54) is 18.4 Å². The van der Waals surface area contributed by atoms with Gasteiger partial charge < -0.3 is 16.2 Å². The molecule has 0 spiro atoms. The van der Waals surface area contributed by atoms with Crippen LogP contribution >= 0.6 is 0 Å². The number of pyridine rings is 1. The van der Waals surface area contributed by atoms with Crippen LogP contribution in [0.4, 0.5) is 11.4 Å². The van der Waals surface area contributed by atoms with Gasteiger partial charge in [-0.15, -0.1) is 0 Å². The maximum Gasteiger partial charge on any atom is 0.113 e. The van der Waals surface area contributed by atoms with Crippen molar-refractivity contribution < 1.29 is 5.11 Å². The summed E-state index contributed by atoms with van der Waals surface area (Å²) >= 11 is 0. The van der Waals surface area contributed by atoms with Crippen LogP contribution in [0.3, 0.4) is 0 Å². The second-order valence-electron chi connectivity index (χ2n) is 4.72. The number of rotatable bonds is 2. The molecular formula is C14H17N3O. The Kier molecular flexibility index (Phi) is 2.80. The van der Waals surface area contributed by atoms with Gasteiger partial charge >= 0.3 is 0 Å². The van der Waals surface area contributed by atoms with Crippen molar-refractivity contribution in [2.75, 3.05) is 17.8 Å². The van der Waals surface area contributed by atoms with Crippen LogP contribution in [0.15, 0.2) is 18.2 Å². The van der Waals surface area contributed by atoms with E-state index in [0.717, 1.165) is 40.8 Å². The molecule has 4 N–H and O–H groups in total. The normalized spacial score (nSPS) is 14.5. The van der Waals surface area contributed by atoms with Gasteiger partial charge in [-0.2, -0.15) is 0 Å². The summed E-state index contributed by atoms with van der Waals surface area (Å²) < 4.78 is 0. The molecule has 0 saturated carbocycles. The van der Waals surface area contributed by atoms with Gasteiger partial charge in [-0.05, 0) is 49.4 Å². The number of nitrogens with one attached hydrogen (secondary N) is 1. The van der Waals surface area contributed by atoms with Crippen molar-refractivity contribution in [2.45, 2.75) is 25.7 Å². The third-order valence-corrected chi connectivity index (χ3v) is 3.59. The maximum absolute atomic E-state index is 8.90. The quantitative estimate of drug-likeness (QED) is 0.706. The van der Waals surface area contributed by atoms with Gasteiger partial charge in [-0.25, -0.2) is 0 Å². The molecule has 0 saturated heterocycles. The molecule has 4 nitrogen and oxygen atoms in total. The van der Waals surface area contributed by atoms with Crippen molar-refractivity contribution in [1.29, 1.82) is 0 Å². The predicted octanol–water partition coefficient (Wildman–Crippen LogP) is 2.06. The minimum atomic E-state index is -0.0796. The van der Waals surface area contributed by atoms with Crippen molar-refractivity contribution in [3.8, 4) is 0 Å². The lowest BCUT2D eigenvalue weighted by molar-refractivity contribution is 0.326. The third kappa shape index (κ3) is 1.78. The fourth-order valence-corrected chi connectivity index (χ4v) is 2.66. The summed E-state index contributed by atoms with van der Waals surface area (Å²) in [6.07, 6.45) is 4.46. The van der Waals surface area contributed by atoms with Crippen LogP contribution in [0.5, 0.6) is 0 Å². The standard InChI is InChI=1S/C14H17N3O/c15-14-10-3-1-2-4-12(10)17-13-6-5-9(16-8-18)7-11(13)14/h5-7,16,18H,1-4,8H2,(H2,15,17). The van der Waals surface area contributed by atoms with E-state index in [1.807, 2.05) is 18.2 Å². The number of anilines is 2. The van der Waals surface area contributed by atoms with Gasteiger partial charge in [0, 0.05) is 22.5 Å². The number of nitrogens with zero attached hydrogens (tertiary/aromatic N) is 1. The van der Waals surface area contributed by atoms with Gasteiger partial charge in [-0.1, -0.05) is 0 Å². The van der Waals surface area contributed by atoms with Crippen LogP contribution in [0.2, 0.25) is 0 Å². The summed E-state index contributed by atoms with van der Waals surface area (Å²) in [7, 11) is 0. The van der Waals surface area contributed by atoms with Gasteiger partial charge in [0.25, 0.3) is 0 Å². The van der Waals surface area contributed by atoms with E-state index >= 15 is 0 Å². The van der Waals surface area contributed by atoms with E-state index in [2.05, 4.69) is 5.32 Å². The fraction of sp³-hybridized carbons (Fsp3) is 0.357. The van der Waals surface area contributed by atoms with E-state index in [0.29, 0.717) is 0 Å². The SMILES string of the molecule is Nc1c2c(nc3ccc(NCO)cc13)CCCC2. The van der Waals surface area contributed by atoms with Crippen LogP contribution < -0.4 is 11.1 Å². The Morgan fingerprint density at radius 2 is 2.11 bits per heavy atom. The zero-order valence-electron chi connectivity index (χ0n) is 10.2. The molecule has 0 atom stereocenters. The van der Waals surface area contributed by atoms with E-state index in [-0.39, 0.29) is 6.73 Å². The molecule has 1 aromatic heterocycles. The summed E-state index contributed by atoms with van der Waals surface area (Å²) in [5.74, 6) is 0. The van der Waals surface area contributed by atoms with Crippen molar-refractivity contribution in [3.05, 3.63) is 29.5 Å². The van der Waals surface area contributed by atoms with Crippen LogP contribution in [0, 0.1) is 0 Å². The number of fused-ring (bicyclic) bond motifs is 2. The maximum atomic E-state index is 8.90. The number of nitrogen functional groups attached to an aromatic ring is 1. The van der Waals surface area contributed by atoms with Crippen molar-refractivity contribution in [2.24, 2.45) is 0 Å². The molecule has 1 aliphatic rings. The largest absolute Gasteiger partial charge is 0.398 e. The molecule has 0 aliphatic heterocycles. The molecule has 4 heteroatoms. The first kappa shape index (κ1) is 11.3. The molecule has 1 heterocycles. The minimum Gasteiger partial charge on any atom is -0.398 e. The predicted molar refractivity (Wildman–Crippen MR) is 73.5 cm³/mol. The first-order chi connectivity index (χ1) is 8.79. The molecule has 0 radical (unpaired) electrons. The number of hydrogen-bond donors (Lipinski definition) is 3.